The third kappa shape index (κ3) is 4.07. The fourth-order valence-corrected chi connectivity index (χ4v) is 1.22. The normalized spacial score (nSPS) is 29.5. The van der Waals surface area contributed by atoms with E-state index in [0.717, 1.165) is 13.1 Å². The molecule has 1 heterocycles. The van der Waals surface area contributed by atoms with E-state index >= 15 is 0 Å². The Morgan fingerprint density at radius 1 is 1.25 bits per heavy atom. The smallest absolute Gasteiger partial charge is 0.0726 e. The summed E-state index contributed by atoms with van der Waals surface area (Å²) in [6.07, 6.45) is 0.810. The summed E-state index contributed by atoms with van der Waals surface area (Å²) in [6.45, 7) is 12.5. The molecule has 2 nitrogen and oxygen atoms in total. The van der Waals surface area contributed by atoms with Crippen molar-refractivity contribution in [2.75, 3.05) is 13.1 Å². The van der Waals surface area contributed by atoms with Gasteiger partial charge < -0.3 is 10.1 Å². The van der Waals surface area contributed by atoms with Crippen LogP contribution in [0.4, 0.5) is 0 Å². The van der Waals surface area contributed by atoms with E-state index in [0.29, 0.717) is 18.1 Å². The lowest BCUT2D eigenvalue weighted by Crippen LogP contribution is -2.45. The predicted octanol–water partition coefficient (Wildman–Crippen LogP) is 2.05. The van der Waals surface area contributed by atoms with Crippen molar-refractivity contribution >= 4 is 0 Å². The first-order valence-corrected chi connectivity index (χ1v) is 5.06. The minimum atomic E-state index is 0.390. The van der Waals surface area contributed by atoms with Crippen LogP contribution >= 0.6 is 0 Å². The molecule has 0 amide bonds. The predicted molar refractivity (Wildman–Crippen MR) is 53.4 cm³/mol. The molecule has 1 aliphatic rings. The van der Waals surface area contributed by atoms with Crippen LogP contribution < -0.4 is 5.32 Å². The maximum Gasteiger partial charge on any atom is 0.0726 e. The molecule has 2 unspecified atom stereocenters. The van der Waals surface area contributed by atoms with Crippen molar-refractivity contribution in [1.29, 1.82) is 0 Å². The molecule has 1 N–H and O–H groups in total. The van der Waals surface area contributed by atoms with Gasteiger partial charge in [-0.1, -0.05) is 27.7 Å². The first-order valence-electron chi connectivity index (χ1n) is 5.06. The summed E-state index contributed by atoms with van der Waals surface area (Å²) in [5, 5.41) is 3.34. The van der Waals surface area contributed by atoms with E-state index in [2.05, 4.69) is 26.1 Å². The molecule has 2 heteroatoms. The molecule has 0 saturated carbocycles. The van der Waals surface area contributed by atoms with Gasteiger partial charge in [0.25, 0.3) is 0 Å². The van der Waals surface area contributed by atoms with E-state index in [1.807, 2.05) is 13.8 Å². The molecule has 0 spiro atoms. The molecule has 2 atom stereocenters. The Morgan fingerprint density at radius 2 is 1.83 bits per heavy atom. The monoisotopic (exact) mass is 173 g/mol. The largest absolute Gasteiger partial charge is 0.372 e. The van der Waals surface area contributed by atoms with Crippen LogP contribution in [-0.4, -0.2) is 25.3 Å². The molecule has 0 aliphatic carbocycles. The van der Waals surface area contributed by atoms with E-state index in [-0.39, 0.29) is 0 Å². The SMILES string of the molecule is CC.CC1CNCC(C(C)C)O1. The lowest BCUT2D eigenvalue weighted by Gasteiger charge is -2.31. The first-order chi connectivity index (χ1) is 5.70. The van der Waals surface area contributed by atoms with Crippen molar-refractivity contribution in [2.45, 2.75) is 46.8 Å². The number of hydrogen-bond acceptors (Lipinski definition) is 2. The summed E-state index contributed by atoms with van der Waals surface area (Å²) in [4.78, 5) is 0. The molecule has 12 heavy (non-hydrogen) atoms. The van der Waals surface area contributed by atoms with Gasteiger partial charge >= 0.3 is 0 Å². The Bertz CT molecular complexity index is 104. The van der Waals surface area contributed by atoms with Crippen LogP contribution in [0.25, 0.3) is 0 Å². The van der Waals surface area contributed by atoms with Gasteiger partial charge in [-0.15, -0.1) is 0 Å². The molecular formula is C10H23NO. The Hall–Kier alpha value is -0.0800. The van der Waals surface area contributed by atoms with Crippen molar-refractivity contribution < 1.29 is 4.74 Å². The van der Waals surface area contributed by atoms with Gasteiger partial charge in [0.15, 0.2) is 0 Å². The Balaban J connectivity index is 0.000000561. The van der Waals surface area contributed by atoms with Crippen LogP contribution in [0.3, 0.4) is 0 Å². The average molecular weight is 173 g/mol. The lowest BCUT2D eigenvalue weighted by atomic mass is 10.1. The number of ether oxygens (including phenoxy) is 1. The molecule has 1 rings (SSSR count). The molecule has 0 aromatic carbocycles. The third-order valence-corrected chi connectivity index (χ3v) is 1.93. The summed E-state index contributed by atoms with van der Waals surface area (Å²) in [5.41, 5.74) is 0. The van der Waals surface area contributed by atoms with Gasteiger partial charge in [-0.25, -0.2) is 0 Å². The summed E-state index contributed by atoms with van der Waals surface area (Å²) in [7, 11) is 0. The van der Waals surface area contributed by atoms with E-state index < -0.39 is 0 Å². The van der Waals surface area contributed by atoms with Crippen LogP contribution in [0, 0.1) is 5.92 Å². The van der Waals surface area contributed by atoms with Crippen molar-refractivity contribution in [1.82, 2.24) is 5.32 Å². The summed E-state index contributed by atoms with van der Waals surface area (Å²) >= 11 is 0. The fraction of sp³-hybridized carbons (Fsp3) is 1.00. The molecule has 1 fully saturated rings. The fourth-order valence-electron chi connectivity index (χ4n) is 1.22. The highest BCUT2D eigenvalue weighted by molar-refractivity contribution is 4.73. The first kappa shape index (κ1) is 11.9. The van der Waals surface area contributed by atoms with Gasteiger partial charge in [-0.3, -0.25) is 0 Å². The molecule has 74 valence electrons. The molecule has 0 aromatic rings. The van der Waals surface area contributed by atoms with Gasteiger partial charge in [0.05, 0.1) is 12.2 Å². The minimum absolute atomic E-state index is 0.390. The van der Waals surface area contributed by atoms with Gasteiger partial charge in [-0.05, 0) is 12.8 Å². The maximum atomic E-state index is 5.69. The molecule has 0 aromatic heterocycles. The second kappa shape index (κ2) is 6.44. The zero-order chi connectivity index (χ0) is 9.56. The van der Waals surface area contributed by atoms with E-state index in [4.69, 9.17) is 4.74 Å². The second-order valence-electron chi connectivity index (χ2n) is 3.39. The topological polar surface area (TPSA) is 21.3 Å². The van der Waals surface area contributed by atoms with Gasteiger partial charge in [0, 0.05) is 13.1 Å². The molecular weight excluding hydrogens is 150 g/mol. The van der Waals surface area contributed by atoms with E-state index in [1.54, 1.807) is 0 Å². The quantitative estimate of drug-likeness (QED) is 0.655. The molecule has 1 aliphatic heterocycles. The molecule has 0 bridgehead atoms. The summed E-state index contributed by atoms with van der Waals surface area (Å²) in [5.74, 6) is 0.634. The van der Waals surface area contributed by atoms with Gasteiger partial charge in [0.2, 0.25) is 0 Å². The zero-order valence-corrected chi connectivity index (χ0v) is 9.05. The Labute approximate surface area is 76.7 Å². The summed E-state index contributed by atoms with van der Waals surface area (Å²) in [6, 6.07) is 0. The van der Waals surface area contributed by atoms with Crippen LogP contribution in [0.2, 0.25) is 0 Å². The minimum Gasteiger partial charge on any atom is -0.372 e. The number of rotatable bonds is 1. The highest BCUT2D eigenvalue weighted by atomic mass is 16.5. The van der Waals surface area contributed by atoms with Crippen molar-refractivity contribution in [3.8, 4) is 0 Å². The molecule has 1 saturated heterocycles. The Morgan fingerprint density at radius 3 is 2.17 bits per heavy atom. The van der Waals surface area contributed by atoms with Crippen LogP contribution in [0.1, 0.15) is 34.6 Å². The third-order valence-electron chi connectivity index (χ3n) is 1.93. The van der Waals surface area contributed by atoms with Crippen molar-refractivity contribution in [3.63, 3.8) is 0 Å². The van der Waals surface area contributed by atoms with Crippen molar-refractivity contribution in [2.24, 2.45) is 5.92 Å². The standard InChI is InChI=1S/C8H17NO.C2H6/c1-6(2)8-5-9-4-7(3)10-8;1-2/h6-9H,4-5H2,1-3H3;1-2H3. The maximum absolute atomic E-state index is 5.69. The molecule has 0 radical (unpaired) electrons. The van der Waals surface area contributed by atoms with Crippen LogP contribution in [-0.2, 0) is 4.74 Å². The van der Waals surface area contributed by atoms with E-state index in [9.17, 15) is 0 Å². The second-order valence-corrected chi connectivity index (χ2v) is 3.39. The highest BCUT2D eigenvalue weighted by Crippen LogP contribution is 2.11. The number of morpholine rings is 1. The number of hydrogen-bond donors (Lipinski definition) is 1. The van der Waals surface area contributed by atoms with Gasteiger partial charge in [-0.2, -0.15) is 0 Å². The number of nitrogens with one attached hydrogen (secondary N) is 1. The van der Waals surface area contributed by atoms with Crippen LogP contribution in [0.15, 0.2) is 0 Å². The average Bonchev–Trinajstić information content (AvgIpc) is 2.08. The Kier molecular flexibility index (Phi) is 6.39. The zero-order valence-electron chi connectivity index (χ0n) is 9.05. The summed E-state index contributed by atoms with van der Waals surface area (Å²) < 4.78 is 5.69. The highest BCUT2D eigenvalue weighted by Gasteiger charge is 2.20. The van der Waals surface area contributed by atoms with Gasteiger partial charge in [0.1, 0.15) is 0 Å². The van der Waals surface area contributed by atoms with Crippen molar-refractivity contribution in [3.05, 3.63) is 0 Å². The van der Waals surface area contributed by atoms with E-state index in [1.165, 1.54) is 0 Å². The van der Waals surface area contributed by atoms with Crippen LogP contribution in [0.5, 0.6) is 0 Å². The lowest BCUT2D eigenvalue weighted by molar-refractivity contribution is -0.0494.